The number of hydrogen-bond donors (Lipinski definition) is 3. The first-order chi connectivity index (χ1) is 31.9. The Labute approximate surface area is 380 Å². The van der Waals surface area contributed by atoms with Gasteiger partial charge in [-0.25, -0.2) is 0 Å². The van der Waals surface area contributed by atoms with Crippen molar-refractivity contribution in [1.82, 2.24) is 29.7 Å². The molecular formula is C55H60N6O4. The molecule has 10 atom stereocenters. The number of piperidine rings is 3. The molecular weight excluding hydrogens is 809 g/mol. The predicted octanol–water partition coefficient (Wildman–Crippen LogP) is 8.91. The van der Waals surface area contributed by atoms with E-state index in [0.717, 1.165) is 69.4 Å². The predicted molar refractivity (Wildman–Crippen MR) is 255 cm³/mol. The number of rotatable bonds is 13. The van der Waals surface area contributed by atoms with Crippen LogP contribution in [0.2, 0.25) is 0 Å². The van der Waals surface area contributed by atoms with Gasteiger partial charge in [0, 0.05) is 120 Å². The largest absolute Gasteiger partial charge is 0.466 e. The Hall–Kier alpha value is -5.68. The van der Waals surface area contributed by atoms with Crippen molar-refractivity contribution >= 4 is 44.6 Å². The topological polar surface area (TPSA) is 110 Å². The molecule has 3 N–H and O–H groups in total. The molecule has 0 radical (unpaired) electrons. The van der Waals surface area contributed by atoms with Crippen LogP contribution in [0.15, 0.2) is 127 Å². The number of aromatic amines is 3. The number of nitrogens with one attached hydrogen (secondary N) is 3. The summed E-state index contributed by atoms with van der Waals surface area (Å²) in [6.07, 6.45) is 22.3. The molecule has 0 saturated carbocycles. The molecule has 3 aliphatic carbocycles. The molecule has 10 nitrogen and oxygen atoms in total. The lowest BCUT2D eigenvalue weighted by atomic mass is 9.61. The second kappa shape index (κ2) is 16.3. The van der Waals surface area contributed by atoms with Crippen molar-refractivity contribution in [3.8, 4) is 0 Å². The molecule has 0 spiro atoms. The molecule has 6 bridgehead atoms. The number of fused-ring (bicyclic) bond motifs is 10. The van der Waals surface area contributed by atoms with Gasteiger partial charge in [0.25, 0.3) is 0 Å². The molecule has 3 aromatic heterocycles. The highest BCUT2D eigenvalue weighted by Crippen LogP contribution is 2.54. The van der Waals surface area contributed by atoms with Crippen LogP contribution in [-0.2, 0) is 32.0 Å². The third-order valence-corrected chi connectivity index (χ3v) is 16.5. The number of H-pyrrole nitrogens is 3. The summed E-state index contributed by atoms with van der Waals surface area (Å²) < 4.78 is 11.6. The normalized spacial score (nSPS) is 30.2. The molecule has 10 unspecified atom stereocenters. The zero-order chi connectivity index (χ0) is 43.8. The van der Waals surface area contributed by atoms with Gasteiger partial charge in [0.1, 0.15) is 0 Å². The Kier molecular flexibility index (Phi) is 10.3. The summed E-state index contributed by atoms with van der Waals surface area (Å²) in [5, 5.41) is 3.80. The Bertz CT molecular complexity index is 2870. The van der Waals surface area contributed by atoms with Gasteiger partial charge in [0.05, 0.1) is 25.0 Å². The van der Waals surface area contributed by atoms with Gasteiger partial charge in [0.15, 0.2) is 0 Å². The van der Waals surface area contributed by atoms with Gasteiger partial charge in [0.2, 0.25) is 0 Å². The van der Waals surface area contributed by atoms with Crippen LogP contribution in [0.5, 0.6) is 0 Å². The summed E-state index contributed by atoms with van der Waals surface area (Å²) >= 11 is 0. The van der Waals surface area contributed by atoms with Crippen LogP contribution >= 0.6 is 0 Å². The van der Waals surface area contributed by atoms with Crippen LogP contribution in [0.25, 0.3) is 32.7 Å². The van der Waals surface area contributed by atoms with E-state index in [-0.39, 0.29) is 65.2 Å². The average molecular weight is 869 g/mol. The van der Waals surface area contributed by atoms with Crippen LogP contribution in [0.3, 0.4) is 0 Å². The fraction of sp³-hybridized carbons (Fsp3) is 0.418. The van der Waals surface area contributed by atoms with Gasteiger partial charge in [-0.2, -0.15) is 0 Å². The number of ether oxygens (including phenoxy) is 2. The number of para-hydroxylation sites is 3. The van der Waals surface area contributed by atoms with E-state index in [1.165, 1.54) is 43.9 Å². The van der Waals surface area contributed by atoms with Crippen LogP contribution < -0.4 is 0 Å². The summed E-state index contributed by atoms with van der Waals surface area (Å²) in [7, 11) is 0. The lowest BCUT2D eigenvalue weighted by Crippen LogP contribution is -2.71. The van der Waals surface area contributed by atoms with Crippen molar-refractivity contribution < 1.29 is 19.1 Å². The third kappa shape index (κ3) is 6.85. The van der Waals surface area contributed by atoms with Crippen LogP contribution in [-0.4, -0.2) is 105 Å². The summed E-state index contributed by atoms with van der Waals surface area (Å²) in [4.78, 5) is 46.6. The fourth-order valence-electron chi connectivity index (χ4n) is 13.6. The summed E-state index contributed by atoms with van der Waals surface area (Å²) in [5.74, 6) is 0.157. The standard InChI is InChI=1S/C55H60N6O4/c1-3-64-53(62)44-21-34-17-20-51(44)60(29-34)33-47(46-28-58-50-16-10-7-13-42(46)50)43-23-52-45(54(63)65-4-2)22-35(43)31-61(52)55(24-36-26-56-48-14-8-5-11-40(36)48)25-39-19-18-38(55)32-59(39)30-37-27-57-49-15-9-6-12-41(37)49/h5-20,23,26-28,34-35,38-39,44-45,47,51-52,56-58H,3-4,21-22,24-25,29-33H2,1-2H3. The van der Waals surface area contributed by atoms with Gasteiger partial charge in [-0.3, -0.25) is 24.3 Å². The van der Waals surface area contributed by atoms with E-state index in [1.807, 2.05) is 13.8 Å². The maximum atomic E-state index is 14.4. The van der Waals surface area contributed by atoms with E-state index in [9.17, 15) is 9.59 Å². The molecule has 334 valence electrons. The van der Waals surface area contributed by atoms with Crippen LogP contribution in [0, 0.1) is 29.6 Å². The highest BCUT2D eigenvalue weighted by molar-refractivity contribution is 5.85. The second-order valence-corrected chi connectivity index (χ2v) is 19.8. The zero-order valence-corrected chi connectivity index (χ0v) is 37.5. The molecule has 10 heteroatoms. The van der Waals surface area contributed by atoms with Gasteiger partial charge in [-0.15, -0.1) is 0 Å². The average Bonchev–Trinajstić information content (AvgIpc) is 4.09. The second-order valence-electron chi connectivity index (χ2n) is 19.8. The first-order valence-corrected chi connectivity index (χ1v) is 24.2. The maximum Gasteiger partial charge on any atom is 0.310 e. The van der Waals surface area contributed by atoms with Gasteiger partial charge in [-0.1, -0.05) is 90.6 Å². The third-order valence-electron chi connectivity index (χ3n) is 16.5. The van der Waals surface area contributed by atoms with Gasteiger partial charge >= 0.3 is 11.9 Å². The number of carbonyl (C=O) groups excluding carboxylic acids is 2. The van der Waals surface area contributed by atoms with E-state index in [1.54, 1.807) is 0 Å². The summed E-state index contributed by atoms with van der Waals surface area (Å²) in [6, 6.07) is 26.1. The Morgan fingerprint density at radius 2 is 1.34 bits per heavy atom. The van der Waals surface area contributed by atoms with E-state index >= 15 is 0 Å². The first-order valence-electron chi connectivity index (χ1n) is 24.2. The minimum Gasteiger partial charge on any atom is -0.466 e. The van der Waals surface area contributed by atoms with Gasteiger partial charge in [-0.05, 0) is 86.3 Å². The number of carbonyl (C=O) groups is 2. The van der Waals surface area contributed by atoms with Crippen molar-refractivity contribution in [2.75, 3.05) is 39.4 Å². The Morgan fingerprint density at radius 1 is 0.692 bits per heavy atom. The SMILES string of the molecule is CCOC(=O)C1CC2C=CC1N(CC(C1=CC3C(C(=O)OCC)CC1CN3C1(Cc3c[nH]c4ccccc34)CC3C=CC1CN3Cc1c[nH]c3ccccc13)c1c[nH]c3ccccc13)C2. The Morgan fingerprint density at radius 3 is 2.02 bits per heavy atom. The molecule has 15 rings (SSSR count). The maximum absolute atomic E-state index is 14.4. The van der Waals surface area contributed by atoms with E-state index < -0.39 is 0 Å². The monoisotopic (exact) mass is 868 g/mol. The zero-order valence-electron chi connectivity index (χ0n) is 37.5. The molecule has 0 amide bonds. The summed E-state index contributed by atoms with van der Waals surface area (Å²) in [5.41, 5.74) is 8.62. The van der Waals surface area contributed by atoms with Crippen LogP contribution in [0.1, 0.15) is 55.7 Å². The van der Waals surface area contributed by atoms with E-state index in [4.69, 9.17) is 9.47 Å². The highest BCUT2D eigenvalue weighted by Gasteiger charge is 2.59. The smallest absolute Gasteiger partial charge is 0.310 e. The lowest BCUT2D eigenvalue weighted by Gasteiger charge is -2.63. The number of hydrogen-bond acceptors (Lipinski definition) is 7. The van der Waals surface area contributed by atoms with Gasteiger partial charge < -0.3 is 24.4 Å². The lowest BCUT2D eigenvalue weighted by molar-refractivity contribution is -0.158. The quantitative estimate of drug-likeness (QED) is 0.0786. The van der Waals surface area contributed by atoms with E-state index in [2.05, 4.69) is 151 Å². The number of aromatic nitrogens is 3. The first kappa shape index (κ1) is 40.8. The molecule has 9 heterocycles. The molecule has 3 aromatic carbocycles. The summed E-state index contributed by atoms with van der Waals surface area (Å²) in [6.45, 7) is 9.02. The van der Waals surface area contributed by atoms with Crippen molar-refractivity contribution in [3.05, 3.63) is 144 Å². The Balaban J connectivity index is 0.951. The minimum atomic E-state index is -0.269. The fourth-order valence-corrected chi connectivity index (χ4v) is 13.6. The molecule has 3 saturated heterocycles. The van der Waals surface area contributed by atoms with Crippen LogP contribution in [0.4, 0.5) is 0 Å². The molecule has 9 aliphatic rings. The number of benzene rings is 3. The number of nitrogens with zero attached hydrogens (tertiary/aromatic N) is 3. The molecule has 6 aliphatic heterocycles. The van der Waals surface area contributed by atoms with Crippen molar-refractivity contribution in [2.24, 2.45) is 29.6 Å². The molecule has 6 aromatic rings. The minimum absolute atomic E-state index is 0.00636. The highest BCUT2D eigenvalue weighted by atomic mass is 16.5. The molecule has 3 fully saturated rings. The van der Waals surface area contributed by atoms with Crippen molar-refractivity contribution in [2.45, 2.75) is 75.7 Å². The van der Waals surface area contributed by atoms with Crippen molar-refractivity contribution in [3.63, 3.8) is 0 Å². The number of esters is 2. The van der Waals surface area contributed by atoms with E-state index in [0.29, 0.717) is 19.1 Å². The molecule has 65 heavy (non-hydrogen) atoms. The van der Waals surface area contributed by atoms with Crippen molar-refractivity contribution in [1.29, 1.82) is 0 Å².